The van der Waals surface area contributed by atoms with Crippen LogP contribution >= 0.6 is 0 Å². The van der Waals surface area contributed by atoms with Crippen LogP contribution in [0.2, 0.25) is 0 Å². The van der Waals surface area contributed by atoms with Gasteiger partial charge in [-0.1, -0.05) is 36.8 Å². The molecule has 2 saturated heterocycles. The van der Waals surface area contributed by atoms with Gasteiger partial charge in [0, 0.05) is 12.6 Å². The van der Waals surface area contributed by atoms with Gasteiger partial charge in [0.05, 0.1) is 12.7 Å². The van der Waals surface area contributed by atoms with E-state index in [1.54, 1.807) is 0 Å². The van der Waals surface area contributed by atoms with Crippen LogP contribution in [0.4, 0.5) is 0 Å². The zero-order valence-electron chi connectivity index (χ0n) is 12.2. The maximum absolute atomic E-state index is 5.72. The second-order valence-electron chi connectivity index (χ2n) is 5.94. The van der Waals surface area contributed by atoms with Crippen LogP contribution in [-0.2, 0) is 15.9 Å². The van der Waals surface area contributed by atoms with Crippen molar-refractivity contribution in [3.05, 3.63) is 35.9 Å². The van der Waals surface area contributed by atoms with Crippen molar-refractivity contribution in [2.24, 2.45) is 0 Å². The van der Waals surface area contributed by atoms with Gasteiger partial charge in [0.15, 0.2) is 0 Å². The number of hydrogen-bond donors (Lipinski definition) is 0. The first kappa shape index (κ1) is 14.1. The Morgan fingerprint density at radius 1 is 1.10 bits per heavy atom. The fourth-order valence-electron chi connectivity index (χ4n) is 3.32. The Morgan fingerprint density at radius 3 is 2.80 bits per heavy atom. The molecule has 0 unspecified atom stereocenters. The molecule has 2 fully saturated rings. The highest BCUT2D eigenvalue weighted by Gasteiger charge is 2.26. The summed E-state index contributed by atoms with van der Waals surface area (Å²) in [6.07, 6.45) is 6.58. The average Bonchev–Trinajstić information content (AvgIpc) is 2.51. The maximum Gasteiger partial charge on any atom is 0.147 e. The van der Waals surface area contributed by atoms with Crippen LogP contribution in [0.1, 0.15) is 31.2 Å². The summed E-state index contributed by atoms with van der Waals surface area (Å²) in [5.74, 6) is 0. The highest BCUT2D eigenvalue weighted by Crippen LogP contribution is 2.22. The SMILES string of the molecule is c1ccc(C[C@@H]2CCCCN2C[C@@H]2CCOCO2)cc1. The molecule has 0 N–H and O–H groups in total. The first-order valence-corrected chi connectivity index (χ1v) is 7.89. The van der Waals surface area contributed by atoms with Crippen LogP contribution in [-0.4, -0.2) is 43.5 Å². The van der Waals surface area contributed by atoms with Crippen molar-refractivity contribution < 1.29 is 9.47 Å². The lowest BCUT2D eigenvalue weighted by Crippen LogP contribution is -2.46. The lowest BCUT2D eigenvalue weighted by molar-refractivity contribution is -0.147. The molecule has 3 heteroatoms. The summed E-state index contributed by atoms with van der Waals surface area (Å²) in [7, 11) is 0. The van der Waals surface area contributed by atoms with Gasteiger partial charge < -0.3 is 9.47 Å². The Balaban J connectivity index is 1.58. The zero-order valence-corrected chi connectivity index (χ0v) is 12.2. The molecule has 0 radical (unpaired) electrons. The third kappa shape index (κ3) is 3.81. The van der Waals surface area contributed by atoms with Crippen molar-refractivity contribution in [1.29, 1.82) is 0 Å². The molecule has 2 heterocycles. The highest BCUT2D eigenvalue weighted by molar-refractivity contribution is 5.16. The van der Waals surface area contributed by atoms with Gasteiger partial charge in [0.2, 0.25) is 0 Å². The molecule has 3 nitrogen and oxygen atoms in total. The number of hydrogen-bond acceptors (Lipinski definition) is 3. The van der Waals surface area contributed by atoms with Gasteiger partial charge >= 0.3 is 0 Å². The molecule has 3 rings (SSSR count). The van der Waals surface area contributed by atoms with Crippen molar-refractivity contribution in [3.63, 3.8) is 0 Å². The molecule has 2 aliphatic heterocycles. The number of nitrogens with zero attached hydrogens (tertiary/aromatic N) is 1. The van der Waals surface area contributed by atoms with Crippen LogP contribution < -0.4 is 0 Å². The largest absolute Gasteiger partial charge is 0.355 e. The van der Waals surface area contributed by atoms with Gasteiger partial charge in [-0.05, 0) is 37.8 Å². The normalized spacial score (nSPS) is 28.4. The third-order valence-electron chi connectivity index (χ3n) is 4.47. The first-order valence-electron chi connectivity index (χ1n) is 7.89. The fraction of sp³-hybridized carbons (Fsp3) is 0.647. The molecular formula is C17H25NO2. The van der Waals surface area contributed by atoms with Crippen molar-refractivity contribution in [1.82, 2.24) is 4.90 Å². The predicted octanol–water partition coefficient (Wildman–Crippen LogP) is 2.85. The van der Waals surface area contributed by atoms with Crippen molar-refractivity contribution in [2.45, 2.75) is 44.2 Å². The Kier molecular flexibility index (Phi) is 5.06. The molecule has 1 aromatic carbocycles. The summed E-state index contributed by atoms with van der Waals surface area (Å²) in [4.78, 5) is 2.65. The summed E-state index contributed by atoms with van der Waals surface area (Å²) in [6, 6.07) is 11.6. The Labute approximate surface area is 121 Å². The minimum atomic E-state index is 0.361. The first-order chi connectivity index (χ1) is 9.92. The molecule has 0 amide bonds. The second kappa shape index (κ2) is 7.21. The van der Waals surface area contributed by atoms with E-state index in [0.29, 0.717) is 18.9 Å². The van der Waals surface area contributed by atoms with E-state index in [1.165, 1.54) is 37.8 Å². The maximum atomic E-state index is 5.72. The minimum absolute atomic E-state index is 0.361. The molecule has 0 aromatic heterocycles. The van der Waals surface area contributed by atoms with Gasteiger partial charge in [-0.3, -0.25) is 4.90 Å². The number of rotatable bonds is 4. The molecule has 0 saturated carbocycles. The van der Waals surface area contributed by atoms with Crippen molar-refractivity contribution in [2.75, 3.05) is 26.5 Å². The third-order valence-corrected chi connectivity index (χ3v) is 4.47. The molecule has 0 aliphatic carbocycles. The molecular weight excluding hydrogens is 250 g/mol. The fourth-order valence-corrected chi connectivity index (χ4v) is 3.32. The van der Waals surface area contributed by atoms with Gasteiger partial charge in [0.1, 0.15) is 6.79 Å². The minimum Gasteiger partial charge on any atom is -0.355 e. The molecule has 1 aromatic rings. The standard InChI is InChI=1S/C17H25NO2/c1-2-6-15(7-3-1)12-16-8-4-5-10-18(16)13-17-9-11-19-14-20-17/h1-3,6-7,16-17H,4-5,8-14H2/t16-,17-/m0/s1. The Morgan fingerprint density at radius 2 is 2.00 bits per heavy atom. The van der Waals surface area contributed by atoms with Crippen molar-refractivity contribution >= 4 is 0 Å². The number of likely N-dealkylation sites (tertiary alicyclic amines) is 1. The van der Waals surface area contributed by atoms with E-state index in [9.17, 15) is 0 Å². The number of ether oxygens (including phenoxy) is 2. The molecule has 0 spiro atoms. The van der Waals surface area contributed by atoms with E-state index in [0.717, 1.165) is 19.6 Å². The smallest absolute Gasteiger partial charge is 0.147 e. The van der Waals surface area contributed by atoms with Crippen LogP contribution in [0, 0.1) is 0 Å². The molecule has 0 bridgehead atoms. The van der Waals surface area contributed by atoms with E-state index >= 15 is 0 Å². The summed E-state index contributed by atoms with van der Waals surface area (Å²) in [6.45, 7) is 3.61. The molecule has 2 aliphatic rings. The predicted molar refractivity (Wildman–Crippen MR) is 79.7 cm³/mol. The van der Waals surface area contributed by atoms with E-state index in [1.807, 2.05) is 0 Å². The van der Waals surface area contributed by atoms with E-state index < -0.39 is 0 Å². The molecule has 2 atom stereocenters. The number of piperidine rings is 1. The summed E-state index contributed by atoms with van der Waals surface area (Å²) < 4.78 is 11.0. The van der Waals surface area contributed by atoms with E-state index in [4.69, 9.17) is 9.47 Å². The molecule has 20 heavy (non-hydrogen) atoms. The van der Waals surface area contributed by atoms with Gasteiger partial charge in [0.25, 0.3) is 0 Å². The summed E-state index contributed by atoms with van der Waals surface area (Å²) in [5, 5.41) is 0. The quantitative estimate of drug-likeness (QED) is 0.843. The molecule has 110 valence electrons. The van der Waals surface area contributed by atoms with Crippen molar-refractivity contribution in [3.8, 4) is 0 Å². The van der Waals surface area contributed by atoms with E-state index in [-0.39, 0.29) is 0 Å². The lowest BCUT2D eigenvalue weighted by Gasteiger charge is -2.38. The monoisotopic (exact) mass is 275 g/mol. The average molecular weight is 275 g/mol. The Hall–Kier alpha value is -0.900. The second-order valence-corrected chi connectivity index (χ2v) is 5.94. The topological polar surface area (TPSA) is 21.7 Å². The Bertz CT molecular complexity index is 389. The van der Waals surface area contributed by atoms with Gasteiger partial charge in [-0.2, -0.15) is 0 Å². The van der Waals surface area contributed by atoms with Crippen LogP contribution in [0.15, 0.2) is 30.3 Å². The zero-order chi connectivity index (χ0) is 13.6. The van der Waals surface area contributed by atoms with Gasteiger partial charge in [-0.25, -0.2) is 0 Å². The van der Waals surface area contributed by atoms with Crippen LogP contribution in [0.5, 0.6) is 0 Å². The number of benzene rings is 1. The van der Waals surface area contributed by atoms with E-state index in [2.05, 4.69) is 35.2 Å². The summed E-state index contributed by atoms with van der Waals surface area (Å²) in [5.41, 5.74) is 1.46. The van der Waals surface area contributed by atoms with Crippen LogP contribution in [0.3, 0.4) is 0 Å². The summed E-state index contributed by atoms with van der Waals surface area (Å²) >= 11 is 0. The lowest BCUT2D eigenvalue weighted by atomic mass is 9.95. The van der Waals surface area contributed by atoms with Gasteiger partial charge in [-0.15, -0.1) is 0 Å². The highest BCUT2D eigenvalue weighted by atomic mass is 16.7. The van der Waals surface area contributed by atoms with Crippen LogP contribution in [0.25, 0.3) is 0 Å².